The molecule has 2 N–H and O–H groups in total. The third-order valence-corrected chi connectivity index (χ3v) is 3.24. The molecule has 0 spiro atoms. The molecule has 0 aliphatic carbocycles. The van der Waals surface area contributed by atoms with Gasteiger partial charge in [-0.05, 0) is 46.6 Å². The van der Waals surface area contributed by atoms with Crippen molar-refractivity contribution in [2.75, 3.05) is 0 Å². The van der Waals surface area contributed by atoms with E-state index >= 15 is 0 Å². The first-order chi connectivity index (χ1) is 8.60. The Morgan fingerprint density at radius 1 is 1.39 bits per heavy atom. The highest BCUT2D eigenvalue weighted by Gasteiger charge is 2.06. The van der Waals surface area contributed by atoms with Crippen molar-refractivity contribution in [2.24, 2.45) is 5.73 Å². The molecule has 0 saturated heterocycles. The molecule has 0 saturated carbocycles. The normalized spacial score (nSPS) is 10.4. The summed E-state index contributed by atoms with van der Waals surface area (Å²) in [6.07, 6.45) is 1.69. The Bertz CT molecular complexity index is 575. The minimum atomic E-state index is 0.411. The molecule has 0 aliphatic heterocycles. The summed E-state index contributed by atoms with van der Waals surface area (Å²) in [7, 11) is 0. The minimum absolute atomic E-state index is 0.411. The molecule has 2 aromatic rings. The lowest BCUT2D eigenvalue weighted by molar-refractivity contribution is 0.458. The highest BCUT2D eigenvalue weighted by Crippen LogP contribution is 2.28. The molecule has 1 aromatic heterocycles. The maximum absolute atomic E-state index is 6.07. The molecule has 0 bridgehead atoms. The maximum atomic E-state index is 6.07. The van der Waals surface area contributed by atoms with Crippen molar-refractivity contribution in [3.8, 4) is 11.6 Å². The first-order valence-electron chi connectivity index (χ1n) is 5.38. The highest BCUT2D eigenvalue weighted by molar-refractivity contribution is 9.10. The lowest BCUT2D eigenvalue weighted by Crippen LogP contribution is -1.97. The standard InChI is InChI=1S/C13H12BrClN2O/c1-8-4-10(14)7-17-13(8)18-11-3-2-9(6-16)12(15)5-11/h2-5,7H,6,16H2,1H3. The monoisotopic (exact) mass is 326 g/mol. The molecule has 5 heteroatoms. The zero-order valence-electron chi connectivity index (χ0n) is 9.78. The van der Waals surface area contributed by atoms with Gasteiger partial charge >= 0.3 is 0 Å². The average Bonchev–Trinajstić information content (AvgIpc) is 2.33. The Hall–Kier alpha value is -1.10. The number of hydrogen-bond donors (Lipinski definition) is 1. The van der Waals surface area contributed by atoms with Gasteiger partial charge in [0.15, 0.2) is 0 Å². The van der Waals surface area contributed by atoms with Crippen LogP contribution in [0.3, 0.4) is 0 Å². The smallest absolute Gasteiger partial charge is 0.222 e. The molecule has 3 nitrogen and oxygen atoms in total. The molecule has 0 unspecified atom stereocenters. The molecule has 1 heterocycles. The molecule has 0 atom stereocenters. The van der Waals surface area contributed by atoms with E-state index in [9.17, 15) is 0 Å². The molecule has 0 fully saturated rings. The van der Waals surface area contributed by atoms with Crippen LogP contribution in [0.25, 0.3) is 0 Å². The van der Waals surface area contributed by atoms with Crippen LogP contribution in [0.5, 0.6) is 11.6 Å². The van der Waals surface area contributed by atoms with E-state index in [0.717, 1.165) is 15.6 Å². The zero-order chi connectivity index (χ0) is 13.1. The molecule has 2 rings (SSSR count). The number of pyridine rings is 1. The van der Waals surface area contributed by atoms with Crippen molar-refractivity contribution in [3.63, 3.8) is 0 Å². The highest BCUT2D eigenvalue weighted by atomic mass is 79.9. The Labute approximate surface area is 119 Å². The fraction of sp³-hybridized carbons (Fsp3) is 0.154. The van der Waals surface area contributed by atoms with Crippen LogP contribution in [0.2, 0.25) is 5.02 Å². The quantitative estimate of drug-likeness (QED) is 0.925. The van der Waals surface area contributed by atoms with E-state index in [1.807, 2.05) is 25.1 Å². The number of hydrogen-bond acceptors (Lipinski definition) is 3. The van der Waals surface area contributed by atoms with E-state index in [4.69, 9.17) is 22.1 Å². The van der Waals surface area contributed by atoms with Crippen LogP contribution >= 0.6 is 27.5 Å². The number of aryl methyl sites for hydroxylation is 1. The van der Waals surface area contributed by atoms with Gasteiger partial charge in [-0.3, -0.25) is 0 Å². The second-order valence-electron chi connectivity index (χ2n) is 3.83. The number of ether oxygens (including phenoxy) is 1. The van der Waals surface area contributed by atoms with Gasteiger partial charge in [0.1, 0.15) is 5.75 Å². The number of rotatable bonds is 3. The summed E-state index contributed by atoms with van der Waals surface area (Å²) in [6.45, 7) is 2.34. The summed E-state index contributed by atoms with van der Waals surface area (Å²) in [5.41, 5.74) is 7.39. The Morgan fingerprint density at radius 2 is 2.17 bits per heavy atom. The van der Waals surface area contributed by atoms with Crippen LogP contribution < -0.4 is 10.5 Å². The maximum Gasteiger partial charge on any atom is 0.222 e. The molecular weight excluding hydrogens is 316 g/mol. The fourth-order valence-corrected chi connectivity index (χ4v) is 2.20. The van der Waals surface area contributed by atoms with Crippen LogP contribution in [-0.2, 0) is 6.54 Å². The zero-order valence-corrected chi connectivity index (χ0v) is 12.1. The summed E-state index contributed by atoms with van der Waals surface area (Å²) in [4.78, 5) is 4.21. The van der Waals surface area contributed by atoms with Crippen molar-refractivity contribution in [1.29, 1.82) is 0 Å². The summed E-state index contributed by atoms with van der Waals surface area (Å²) in [5, 5.41) is 0.602. The van der Waals surface area contributed by atoms with Crippen LogP contribution in [0.15, 0.2) is 34.9 Å². The third kappa shape index (κ3) is 3.02. The van der Waals surface area contributed by atoms with E-state index in [1.165, 1.54) is 0 Å². The molecule has 0 amide bonds. The van der Waals surface area contributed by atoms with E-state index in [2.05, 4.69) is 20.9 Å². The average molecular weight is 328 g/mol. The van der Waals surface area contributed by atoms with Gasteiger partial charge in [0.25, 0.3) is 0 Å². The SMILES string of the molecule is Cc1cc(Br)cnc1Oc1ccc(CN)c(Cl)c1. The first kappa shape index (κ1) is 13.3. The van der Waals surface area contributed by atoms with Gasteiger partial charge in [-0.25, -0.2) is 4.98 Å². The largest absolute Gasteiger partial charge is 0.439 e. The van der Waals surface area contributed by atoms with E-state index < -0.39 is 0 Å². The van der Waals surface area contributed by atoms with Crippen molar-refractivity contribution >= 4 is 27.5 Å². The van der Waals surface area contributed by atoms with Gasteiger partial charge in [-0.2, -0.15) is 0 Å². The predicted molar refractivity (Wildman–Crippen MR) is 76.1 cm³/mol. The predicted octanol–water partition coefficient (Wildman–Crippen LogP) is 4.06. The Morgan fingerprint density at radius 3 is 2.78 bits per heavy atom. The number of aromatic nitrogens is 1. The summed E-state index contributed by atoms with van der Waals surface area (Å²) in [6, 6.07) is 7.37. The first-order valence-corrected chi connectivity index (χ1v) is 6.55. The van der Waals surface area contributed by atoms with Crippen molar-refractivity contribution in [2.45, 2.75) is 13.5 Å². The van der Waals surface area contributed by atoms with Crippen LogP contribution in [-0.4, -0.2) is 4.98 Å². The van der Waals surface area contributed by atoms with Crippen LogP contribution in [0.1, 0.15) is 11.1 Å². The van der Waals surface area contributed by atoms with Crippen molar-refractivity contribution in [1.82, 2.24) is 4.98 Å². The summed E-state index contributed by atoms with van der Waals surface area (Å²) < 4.78 is 6.61. The van der Waals surface area contributed by atoms with Gasteiger partial charge in [0, 0.05) is 27.8 Å². The molecule has 94 valence electrons. The summed E-state index contributed by atoms with van der Waals surface area (Å²) in [5.74, 6) is 1.21. The van der Waals surface area contributed by atoms with Crippen molar-refractivity contribution in [3.05, 3.63) is 51.1 Å². The summed E-state index contributed by atoms with van der Waals surface area (Å²) >= 11 is 9.43. The van der Waals surface area contributed by atoms with Crippen LogP contribution in [0.4, 0.5) is 0 Å². The lowest BCUT2D eigenvalue weighted by atomic mass is 10.2. The van der Waals surface area contributed by atoms with Gasteiger partial charge in [-0.1, -0.05) is 17.7 Å². The second kappa shape index (κ2) is 5.69. The fourth-order valence-electron chi connectivity index (χ4n) is 1.50. The van der Waals surface area contributed by atoms with Gasteiger partial charge < -0.3 is 10.5 Å². The minimum Gasteiger partial charge on any atom is -0.439 e. The van der Waals surface area contributed by atoms with Crippen molar-refractivity contribution < 1.29 is 4.74 Å². The van der Waals surface area contributed by atoms with E-state index in [-0.39, 0.29) is 0 Å². The molecule has 18 heavy (non-hydrogen) atoms. The Kier molecular flexibility index (Phi) is 4.22. The lowest BCUT2D eigenvalue weighted by Gasteiger charge is -2.09. The van der Waals surface area contributed by atoms with Gasteiger partial charge in [0.05, 0.1) is 0 Å². The second-order valence-corrected chi connectivity index (χ2v) is 5.16. The topological polar surface area (TPSA) is 48.1 Å². The number of benzene rings is 1. The number of nitrogens with two attached hydrogens (primary N) is 1. The van der Waals surface area contributed by atoms with Gasteiger partial charge in [0.2, 0.25) is 5.88 Å². The van der Waals surface area contributed by atoms with Crippen LogP contribution in [0, 0.1) is 6.92 Å². The van der Waals surface area contributed by atoms with E-state index in [1.54, 1.807) is 12.3 Å². The molecule has 0 aliphatic rings. The Balaban J connectivity index is 2.26. The number of halogens is 2. The van der Waals surface area contributed by atoms with Gasteiger partial charge in [-0.15, -0.1) is 0 Å². The molecular formula is C13H12BrClN2O. The molecule has 1 aromatic carbocycles. The third-order valence-electron chi connectivity index (χ3n) is 2.46. The molecule has 0 radical (unpaired) electrons. The number of nitrogens with zero attached hydrogens (tertiary/aromatic N) is 1. The van der Waals surface area contributed by atoms with E-state index in [0.29, 0.717) is 23.2 Å².